The first-order chi connectivity index (χ1) is 12.5. The average molecular weight is 348 g/mol. The Bertz CT molecular complexity index is 735. The van der Waals surface area contributed by atoms with Gasteiger partial charge in [-0.05, 0) is 50.6 Å². The number of nitrogens with zero attached hydrogens (tertiary/aromatic N) is 3. The smallest absolute Gasteiger partial charge is 0.0846 e. The zero-order chi connectivity index (χ0) is 18.6. The molecule has 0 saturated carbocycles. The average Bonchev–Trinajstić information content (AvgIpc) is 2.69. The maximum Gasteiger partial charge on any atom is 0.0846 e. The van der Waals surface area contributed by atoms with Gasteiger partial charge in [-0.25, -0.2) is 0 Å². The fraction of sp³-hybridized carbons (Fsp3) is 0.435. The first-order valence-electron chi connectivity index (χ1n) is 9.48. The number of likely N-dealkylation sites (tertiary alicyclic amines) is 1. The number of benzene rings is 2. The molecule has 0 aliphatic carbocycles. The summed E-state index contributed by atoms with van der Waals surface area (Å²) in [7, 11) is 4.22. The third-order valence-electron chi connectivity index (χ3n) is 5.89. The molecule has 0 N–H and O–H groups in total. The minimum Gasteiger partial charge on any atom is -0.303 e. The van der Waals surface area contributed by atoms with Crippen molar-refractivity contribution in [1.82, 2.24) is 9.80 Å². The predicted octanol–water partition coefficient (Wildman–Crippen LogP) is 4.37. The molecule has 0 bridgehead atoms. The van der Waals surface area contributed by atoms with Crippen LogP contribution in [0.4, 0.5) is 0 Å². The van der Waals surface area contributed by atoms with E-state index < -0.39 is 0 Å². The van der Waals surface area contributed by atoms with Gasteiger partial charge < -0.3 is 4.90 Å². The first-order valence-corrected chi connectivity index (χ1v) is 9.48. The molecule has 0 spiro atoms. The monoisotopic (exact) mass is 347 g/mol. The summed E-state index contributed by atoms with van der Waals surface area (Å²) in [5.41, 5.74) is 3.56. The molecule has 2 aromatic rings. The summed E-state index contributed by atoms with van der Waals surface area (Å²) < 4.78 is 0. The third-order valence-corrected chi connectivity index (χ3v) is 5.89. The fourth-order valence-electron chi connectivity index (χ4n) is 3.77. The van der Waals surface area contributed by atoms with Crippen molar-refractivity contribution in [1.29, 1.82) is 5.26 Å². The summed E-state index contributed by atoms with van der Waals surface area (Å²) in [6.45, 7) is 5.13. The van der Waals surface area contributed by atoms with Crippen LogP contribution in [-0.4, -0.2) is 37.0 Å². The van der Waals surface area contributed by atoms with E-state index in [-0.39, 0.29) is 5.41 Å². The lowest BCUT2D eigenvalue weighted by Crippen LogP contribution is -2.41. The Balaban J connectivity index is 1.61. The van der Waals surface area contributed by atoms with Crippen LogP contribution in [0.25, 0.3) is 0 Å². The lowest BCUT2D eigenvalue weighted by molar-refractivity contribution is 0.179. The second-order valence-electron chi connectivity index (χ2n) is 7.72. The Hall–Kier alpha value is -2.15. The highest BCUT2D eigenvalue weighted by molar-refractivity contribution is 5.33. The minimum atomic E-state index is -0.317. The summed E-state index contributed by atoms with van der Waals surface area (Å²) in [4.78, 5) is 4.70. The zero-order valence-electron chi connectivity index (χ0n) is 16.2. The van der Waals surface area contributed by atoms with E-state index >= 15 is 0 Å². The van der Waals surface area contributed by atoms with Crippen molar-refractivity contribution >= 4 is 0 Å². The van der Waals surface area contributed by atoms with Crippen LogP contribution in [0.1, 0.15) is 42.5 Å². The number of rotatable bonds is 5. The van der Waals surface area contributed by atoms with Crippen LogP contribution in [0.2, 0.25) is 0 Å². The summed E-state index contributed by atoms with van der Waals surface area (Å²) >= 11 is 0. The van der Waals surface area contributed by atoms with Crippen molar-refractivity contribution in [3.63, 3.8) is 0 Å². The quantitative estimate of drug-likeness (QED) is 0.805. The molecule has 1 aliphatic heterocycles. The van der Waals surface area contributed by atoms with E-state index in [9.17, 15) is 5.26 Å². The molecule has 1 atom stereocenters. The molecule has 3 rings (SSSR count). The van der Waals surface area contributed by atoms with E-state index in [1.807, 2.05) is 18.2 Å². The summed E-state index contributed by atoms with van der Waals surface area (Å²) in [6.07, 6.45) is 1.81. The van der Waals surface area contributed by atoms with Crippen LogP contribution < -0.4 is 0 Å². The number of nitriles is 1. The van der Waals surface area contributed by atoms with Gasteiger partial charge in [0.2, 0.25) is 0 Å². The number of hydrogen-bond acceptors (Lipinski definition) is 3. The topological polar surface area (TPSA) is 30.3 Å². The Kier molecular flexibility index (Phi) is 5.76. The molecule has 1 aliphatic rings. The Morgan fingerprint density at radius 1 is 1.04 bits per heavy atom. The van der Waals surface area contributed by atoms with E-state index in [0.717, 1.165) is 32.5 Å². The van der Waals surface area contributed by atoms with Gasteiger partial charge in [0.15, 0.2) is 0 Å². The fourth-order valence-corrected chi connectivity index (χ4v) is 3.77. The van der Waals surface area contributed by atoms with Gasteiger partial charge in [0.25, 0.3) is 0 Å². The molecule has 0 aromatic heterocycles. The van der Waals surface area contributed by atoms with E-state index in [4.69, 9.17) is 0 Å². The molecule has 0 unspecified atom stereocenters. The van der Waals surface area contributed by atoms with Crippen molar-refractivity contribution < 1.29 is 0 Å². The number of piperidine rings is 1. The third kappa shape index (κ3) is 3.98. The predicted molar refractivity (Wildman–Crippen MR) is 107 cm³/mol. The molecule has 0 radical (unpaired) electrons. The maximum atomic E-state index is 9.83. The van der Waals surface area contributed by atoms with Crippen LogP contribution in [-0.2, 0) is 12.0 Å². The molecular weight excluding hydrogens is 318 g/mol. The van der Waals surface area contributed by atoms with Gasteiger partial charge in [-0.2, -0.15) is 5.26 Å². The van der Waals surface area contributed by atoms with Crippen molar-refractivity contribution in [2.24, 2.45) is 0 Å². The highest BCUT2D eigenvalue weighted by Crippen LogP contribution is 2.35. The molecule has 1 fully saturated rings. The Morgan fingerprint density at radius 2 is 1.65 bits per heavy atom. The number of hydrogen-bond donors (Lipinski definition) is 0. The minimum absolute atomic E-state index is 0.317. The van der Waals surface area contributed by atoms with Crippen molar-refractivity contribution in [3.8, 4) is 6.07 Å². The van der Waals surface area contributed by atoms with Gasteiger partial charge in [-0.3, -0.25) is 4.90 Å². The van der Waals surface area contributed by atoms with Crippen LogP contribution >= 0.6 is 0 Å². The molecule has 26 heavy (non-hydrogen) atoms. The lowest BCUT2D eigenvalue weighted by atomic mass is 9.74. The van der Waals surface area contributed by atoms with Gasteiger partial charge in [-0.1, -0.05) is 54.6 Å². The molecule has 1 saturated heterocycles. The molecule has 1 heterocycles. The molecular formula is C23H29N3. The second-order valence-corrected chi connectivity index (χ2v) is 7.72. The normalized spacial score (nSPS) is 18.4. The largest absolute Gasteiger partial charge is 0.303 e. The van der Waals surface area contributed by atoms with Gasteiger partial charge >= 0.3 is 0 Å². The van der Waals surface area contributed by atoms with Crippen LogP contribution in [0, 0.1) is 11.3 Å². The van der Waals surface area contributed by atoms with Gasteiger partial charge in [0.1, 0.15) is 0 Å². The highest BCUT2D eigenvalue weighted by atomic mass is 15.1. The van der Waals surface area contributed by atoms with E-state index in [1.54, 1.807) is 0 Å². The maximum absolute atomic E-state index is 9.83. The van der Waals surface area contributed by atoms with Crippen LogP contribution in [0.3, 0.4) is 0 Å². The van der Waals surface area contributed by atoms with Crippen LogP contribution in [0.15, 0.2) is 54.6 Å². The second kappa shape index (κ2) is 8.03. The van der Waals surface area contributed by atoms with Gasteiger partial charge in [-0.15, -0.1) is 0 Å². The summed E-state index contributed by atoms with van der Waals surface area (Å²) in [6, 6.07) is 22.3. The summed E-state index contributed by atoms with van der Waals surface area (Å²) in [5.74, 6) is 0. The first kappa shape index (κ1) is 18.6. The van der Waals surface area contributed by atoms with Crippen molar-refractivity contribution in [2.75, 3.05) is 27.2 Å². The van der Waals surface area contributed by atoms with E-state index in [2.05, 4.69) is 73.3 Å². The molecule has 3 heteroatoms. The molecule has 3 nitrogen and oxygen atoms in total. The molecule has 2 aromatic carbocycles. The van der Waals surface area contributed by atoms with Gasteiger partial charge in [0.05, 0.1) is 11.5 Å². The Morgan fingerprint density at radius 3 is 2.19 bits per heavy atom. The Labute approximate surface area is 157 Å². The van der Waals surface area contributed by atoms with Crippen LogP contribution in [0.5, 0.6) is 0 Å². The highest BCUT2D eigenvalue weighted by Gasteiger charge is 2.36. The molecule has 0 amide bonds. The summed E-state index contributed by atoms with van der Waals surface area (Å²) in [5, 5.41) is 9.83. The van der Waals surface area contributed by atoms with E-state index in [0.29, 0.717) is 6.04 Å². The van der Waals surface area contributed by atoms with Crippen molar-refractivity contribution in [2.45, 2.75) is 37.8 Å². The van der Waals surface area contributed by atoms with Gasteiger partial charge in [0, 0.05) is 25.7 Å². The molecule has 136 valence electrons. The van der Waals surface area contributed by atoms with E-state index in [1.165, 1.54) is 16.7 Å². The van der Waals surface area contributed by atoms with Crippen molar-refractivity contribution in [3.05, 3.63) is 71.3 Å². The standard InChI is InChI=1S/C23H29N3/c1-19(25(2)3)21-11-9-20(10-12-21)17-26-15-13-23(18-24,14-16-26)22-7-5-4-6-8-22/h4-12,19H,13-17H2,1-3H3/t19-/m0/s1. The SMILES string of the molecule is C[C@@H](c1ccc(CN2CCC(C#N)(c3ccccc3)CC2)cc1)N(C)C. The lowest BCUT2D eigenvalue weighted by Gasteiger charge is -2.37. The zero-order valence-corrected chi connectivity index (χ0v) is 16.2.